The number of benzene rings is 1. The van der Waals surface area contributed by atoms with Gasteiger partial charge in [-0.2, -0.15) is 0 Å². The van der Waals surface area contributed by atoms with E-state index in [0.29, 0.717) is 5.69 Å². The molecule has 0 unspecified atom stereocenters. The van der Waals surface area contributed by atoms with Crippen molar-refractivity contribution in [2.75, 3.05) is 5.73 Å². The Balaban J connectivity index is 2.21. The number of nitrogens with two attached hydrogens (primary N) is 1. The molecule has 0 bridgehead atoms. The molecule has 0 saturated carbocycles. The molecular formula is C15H13BrN4. The Bertz CT molecular complexity index is 764. The molecule has 0 radical (unpaired) electrons. The average molecular weight is 329 g/mol. The largest absolute Gasteiger partial charge is 0.398 e. The maximum absolute atomic E-state index is 6.03. The lowest BCUT2D eigenvalue weighted by Crippen LogP contribution is -1.99. The summed E-state index contributed by atoms with van der Waals surface area (Å²) >= 11 is 3.63. The van der Waals surface area contributed by atoms with Gasteiger partial charge in [0, 0.05) is 28.1 Å². The van der Waals surface area contributed by atoms with E-state index in [-0.39, 0.29) is 0 Å². The third-order valence-corrected chi connectivity index (χ3v) is 4.23. The summed E-state index contributed by atoms with van der Waals surface area (Å²) in [5.41, 5.74) is 10.7. The first-order valence-corrected chi connectivity index (χ1v) is 6.95. The summed E-state index contributed by atoms with van der Waals surface area (Å²) in [7, 11) is 0. The second kappa shape index (κ2) is 5.09. The summed E-state index contributed by atoms with van der Waals surface area (Å²) in [6.45, 7) is 2.06. The van der Waals surface area contributed by atoms with Crippen LogP contribution in [0.25, 0.3) is 16.9 Å². The Labute approximate surface area is 125 Å². The number of aromatic nitrogens is 3. The number of hydrogen-bond donors (Lipinski definition) is 1. The zero-order chi connectivity index (χ0) is 14.1. The second-order valence-corrected chi connectivity index (χ2v) is 5.31. The molecule has 3 rings (SSSR count). The first-order valence-electron chi connectivity index (χ1n) is 6.16. The van der Waals surface area contributed by atoms with Crippen LogP contribution in [0.4, 0.5) is 5.69 Å². The summed E-state index contributed by atoms with van der Waals surface area (Å²) < 4.78 is 3.05. The molecule has 1 aromatic carbocycles. The highest BCUT2D eigenvalue weighted by atomic mass is 79.9. The molecule has 0 amide bonds. The van der Waals surface area contributed by atoms with E-state index in [9.17, 15) is 0 Å². The highest BCUT2D eigenvalue weighted by molar-refractivity contribution is 9.10. The van der Waals surface area contributed by atoms with Crippen LogP contribution in [0.15, 0.2) is 53.7 Å². The number of hydrogen-bond acceptors (Lipinski definition) is 3. The zero-order valence-electron chi connectivity index (χ0n) is 10.9. The molecule has 0 atom stereocenters. The Hall–Kier alpha value is -2.14. The van der Waals surface area contributed by atoms with Gasteiger partial charge >= 0.3 is 0 Å². The fourth-order valence-corrected chi connectivity index (χ4v) is 2.58. The molecule has 0 aliphatic rings. The van der Waals surface area contributed by atoms with Gasteiger partial charge in [-0.1, -0.05) is 12.1 Å². The quantitative estimate of drug-likeness (QED) is 0.782. The van der Waals surface area contributed by atoms with Gasteiger partial charge in [0.1, 0.15) is 0 Å². The smallest absolute Gasteiger partial charge is 0.0997 e. The fraction of sp³-hybridized carbons (Fsp3) is 0.0667. The summed E-state index contributed by atoms with van der Waals surface area (Å²) in [5, 5.41) is 0. The van der Waals surface area contributed by atoms with Crippen molar-refractivity contribution < 1.29 is 0 Å². The minimum atomic E-state index is 0.686. The fourth-order valence-electron chi connectivity index (χ4n) is 2.12. The minimum absolute atomic E-state index is 0.686. The lowest BCUT2D eigenvalue weighted by atomic mass is 10.1. The number of rotatable bonds is 2. The molecule has 0 spiro atoms. The Morgan fingerprint density at radius 3 is 2.80 bits per heavy atom. The monoisotopic (exact) mass is 328 g/mol. The van der Waals surface area contributed by atoms with Gasteiger partial charge in [-0.05, 0) is 40.5 Å². The molecule has 0 aliphatic carbocycles. The molecule has 0 fully saturated rings. The van der Waals surface area contributed by atoms with Crippen LogP contribution >= 0.6 is 15.9 Å². The Morgan fingerprint density at radius 1 is 1.15 bits per heavy atom. The van der Waals surface area contributed by atoms with Crippen molar-refractivity contribution in [3.8, 4) is 16.9 Å². The second-order valence-electron chi connectivity index (χ2n) is 4.52. The van der Waals surface area contributed by atoms with E-state index in [4.69, 9.17) is 5.73 Å². The van der Waals surface area contributed by atoms with Crippen molar-refractivity contribution in [1.29, 1.82) is 0 Å². The predicted molar refractivity (Wildman–Crippen MR) is 83.6 cm³/mol. The van der Waals surface area contributed by atoms with E-state index < -0.39 is 0 Å². The van der Waals surface area contributed by atoms with Crippen LogP contribution in [-0.2, 0) is 0 Å². The van der Waals surface area contributed by atoms with Gasteiger partial charge < -0.3 is 5.73 Å². The third kappa shape index (κ3) is 2.10. The molecule has 100 valence electrons. The van der Waals surface area contributed by atoms with Crippen LogP contribution in [0.1, 0.15) is 5.56 Å². The highest BCUT2D eigenvalue weighted by Gasteiger charge is 2.12. The van der Waals surface area contributed by atoms with E-state index in [1.54, 1.807) is 31.0 Å². The number of imidazole rings is 1. The van der Waals surface area contributed by atoms with Crippen LogP contribution < -0.4 is 5.73 Å². The van der Waals surface area contributed by atoms with Crippen LogP contribution in [0.3, 0.4) is 0 Å². The summed E-state index contributed by atoms with van der Waals surface area (Å²) in [6, 6.07) is 7.90. The van der Waals surface area contributed by atoms with Gasteiger partial charge in [-0.3, -0.25) is 9.55 Å². The molecule has 4 nitrogen and oxygen atoms in total. The van der Waals surface area contributed by atoms with Crippen LogP contribution in [0.2, 0.25) is 0 Å². The predicted octanol–water partition coefficient (Wildman–Crippen LogP) is 3.59. The normalized spacial score (nSPS) is 10.7. The minimum Gasteiger partial charge on any atom is -0.398 e. The summed E-state index contributed by atoms with van der Waals surface area (Å²) in [6.07, 6.45) is 7.01. The molecule has 5 heteroatoms. The number of halogens is 1. The average Bonchev–Trinajstić information content (AvgIpc) is 2.91. The molecule has 2 heterocycles. The number of pyridine rings is 1. The Kier molecular flexibility index (Phi) is 3.28. The first kappa shape index (κ1) is 12.9. The summed E-state index contributed by atoms with van der Waals surface area (Å²) in [5.74, 6) is 0. The van der Waals surface area contributed by atoms with Gasteiger partial charge in [-0.25, -0.2) is 4.98 Å². The van der Waals surface area contributed by atoms with Gasteiger partial charge in [-0.15, -0.1) is 0 Å². The van der Waals surface area contributed by atoms with Crippen LogP contribution in [0, 0.1) is 6.92 Å². The maximum atomic E-state index is 6.03. The lowest BCUT2D eigenvalue weighted by molar-refractivity contribution is 1.05. The van der Waals surface area contributed by atoms with Crippen molar-refractivity contribution in [3.63, 3.8) is 0 Å². The van der Waals surface area contributed by atoms with Gasteiger partial charge in [0.05, 0.1) is 23.9 Å². The number of anilines is 1. The first-order chi connectivity index (χ1) is 9.68. The van der Waals surface area contributed by atoms with Crippen molar-refractivity contribution in [1.82, 2.24) is 14.5 Å². The van der Waals surface area contributed by atoms with Gasteiger partial charge in [0.2, 0.25) is 0 Å². The number of nitrogens with zero attached hydrogens (tertiary/aromatic N) is 3. The van der Waals surface area contributed by atoms with E-state index in [0.717, 1.165) is 21.4 Å². The number of aryl methyl sites for hydroxylation is 1. The molecular weight excluding hydrogens is 316 g/mol. The van der Waals surface area contributed by atoms with Crippen molar-refractivity contribution in [3.05, 3.63) is 59.2 Å². The van der Waals surface area contributed by atoms with E-state index >= 15 is 0 Å². The standard InChI is InChI=1S/C15H13BrN4/c1-10-3-2-4-13(15(10)16)20-9-19-8-14(20)11-7-18-6-5-12(11)17/h2-9H,1H3,(H2,17,18). The zero-order valence-corrected chi connectivity index (χ0v) is 12.5. The Morgan fingerprint density at radius 2 is 2.00 bits per heavy atom. The van der Waals surface area contributed by atoms with E-state index in [1.807, 2.05) is 16.7 Å². The van der Waals surface area contributed by atoms with Gasteiger partial charge in [0.15, 0.2) is 0 Å². The van der Waals surface area contributed by atoms with Crippen LogP contribution in [0.5, 0.6) is 0 Å². The molecule has 3 aromatic rings. The topological polar surface area (TPSA) is 56.7 Å². The highest BCUT2D eigenvalue weighted by Crippen LogP contribution is 2.31. The SMILES string of the molecule is Cc1cccc(-n2cncc2-c2cnccc2N)c1Br. The van der Waals surface area contributed by atoms with E-state index in [2.05, 4.69) is 38.9 Å². The molecule has 0 saturated heterocycles. The van der Waals surface area contributed by atoms with Crippen molar-refractivity contribution >= 4 is 21.6 Å². The molecule has 2 N–H and O–H groups in total. The number of nitrogen functional groups attached to an aromatic ring is 1. The van der Waals surface area contributed by atoms with Gasteiger partial charge in [0.25, 0.3) is 0 Å². The molecule has 0 aliphatic heterocycles. The molecule has 20 heavy (non-hydrogen) atoms. The summed E-state index contributed by atoms with van der Waals surface area (Å²) in [4.78, 5) is 8.39. The van der Waals surface area contributed by atoms with E-state index in [1.165, 1.54) is 5.56 Å². The third-order valence-electron chi connectivity index (χ3n) is 3.20. The van der Waals surface area contributed by atoms with Crippen LogP contribution in [-0.4, -0.2) is 14.5 Å². The molecule has 2 aromatic heterocycles. The maximum Gasteiger partial charge on any atom is 0.0997 e. The lowest BCUT2D eigenvalue weighted by Gasteiger charge is -2.12. The van der Waals surface area contributed by atoms with Crippen molar-refractivity contribution in [2.24, 2.45) is 0 Å². The van der Waals surface area contributed by atoms with Crippen molar-refractivity contribution in [2.45, 2.75) is 6.92 Å².